The number of hydrogen-bond acceptors (Lipinski definition) is 9. The van der Waals surface area contributed by atoms with Crippen molar-refractivity contribution in [3.8, 4) is 34.3 Å². The first-order valence-corrected chi connectivity index (χ1v) is 11.9. The number of anilines is 1. The van der Waals surface area contributed by atoms with Crippen LogP contribution < -0.4 is 11.5 Å². The van der Waals surface area contributed by atoms with Gasteiger partial charge in [0.25, 0.3) is 5.89 Å². The SMILES string of the molecule is CC(C)S(=O)(=O)c1ccc(-c2cnc(N)c(-c3nnc(-c4cccc([C@@H](C)N)c4)o3)n2)cc1. The summed E-state index contributed by atoms with van der Waals surface area (Å²) in [4.78, 5) is 8.99. The van der Waals surface area contributed by atoms with Gasteiger partial charge >= 0.3 is 0 Å². The first kappa shape index (κ1) is 22.6. The van der Waals surface area contributed by atoms with E-state index in [-0.39, 0.29) is 28.3 Å². The highest BCUT2D eigenvalue weighted by Gasteiger charge is 2.20. The highest BCUT2D eigenvalue weighted by molar-refractivity contribution is 7.92. The van der Waals surface area contributed by atoms with Gasteiger partial charge in [-0.2, -0.15) is 0 Å². The third-order valence-corrected chi connectivity index (χ3v) is 7.36. The minimum atomic E-state index is -3.36. The molecule has 0 aliphatic rings. The van der Waals surface area contributed by atoms with Crippen LogP contribution in [-0.4, -0.2) is 33.8 Å². The van der Waals surface area contributed by atoms with Crippen LogP contribution in [-0.2, 0) is 9.84 Å². The lowest BCUT2D eigenvalue weighted by molar-refractivity contribution is 0.582. The summed E-state index contributed by atoms with van der Waals surface area (Å²) in [6, 6.07) is 13.9. The second-order valence-corrected chi connectivity index (χ2v) is 10.4. The average molecular weight is 465 g/mol. The molecule has 0 spiro atoms. The topological polar surface area (TPSA) is 151 Å². The van der Waals surface area contributed by atoms with Crippen LogP contribution in [0.15, 0.2) is 64.0 Å². The summed E-state index contributed by atoms with van der Waals surface area (Å²) in [5, 5.41) is 7.70. The van der Waals surface area contributed by atoms with Gasteiger partial charge in [-0.25, -0.2) is 18.4 Å². The number of aromatic nitrogens is 4. The number of rotatable bonds is 6. The van der Waals surface area contributed by atoms with Gasteiger partial charge < -0.3 is 15.9 Å². The van der Waals surface area contributed by atoms with E-state index in [1.165, 1.54) is 6.20 Å². The fourth-order valence-corrected chi connectivity index (χ4v) is 4.23. The van der Waals surface area contributed by atoms with Crippen molar-refractivity contribution in [3.05, 3.63) is 60.3 Å². The summed E-state index contributed by atoms with van der Waals surface area (Å²) < 4.78 is 30.6. The summed E-state index contributed by atoms with van der Waals surface area (Å²) in [7, 11) is -3.36. The standard InChI is InChI=1S/C23H24N6O3S/c1-13(2)33(30,31)18-9-7-15(8-10-18)19-12-26-21(25)20(27-19)23-29-28-22(32-23)17-6-4-5-16(11-17)14(3)24/h4-14H,24H2,1-3H3,(H2,25,26)/t14-/m1/s1. The molecule has 0 unspecified atom stereocenters. The molecule has 4 aromatic rings. The summed E-state index contributed by atoms with van der Waals surface area (Å²) in [5.74, 6) is 0.571. The van der Waals surface area contributed by atoms with Crippen LogP contribution in [0.4, 0.5) is 5.82 Å². The lowest BCUT2D eigenvalue weighted by Gasteiger charge is -2.09. The molecule has 2 aromatic carbocycles. The fourth-order valence-electron chi connectivity index (χ4n) is 3.17. The zero-order chi connectivity index (χ0) is 23.8. The molecule has 0 saturated carbocycles. The zero-order valence-corrected chi connectivity index (χ0v) is 19.2. The van der Waals surface area contributed by atoms with Crippen molar-refractivity contribution in [1.29, 1.82) is 0 Å². The van der Waals surface area contributed by atoms with E-state index in [4.69, 9.17) is 15.9 Å². The Hall–Kier alpha value is -3.63. The predicted octanol–water partition coefficient (Wildman–Crippen LogP) is 3.64. The van der Waals surface area contributed by atoms with Crippen molar-refractivity contribution in [2.75, 3.05) is 5.73 Å². The first-order chi connectivity index (χ1) is 15.7. The molecule has 0 aliphatic carbocycles. The second-order valence-electron chi connectivity index (χ2n) is 7.93. The molecule has 2 aromatic heterocycles. The molecule has 1 atom stereocenters. The Bertz CT molecular complexity index is 1400. The van der Waals surface area contributed by atoms with E-state index < -0.39 is 15.1 Å². The minimum absolute atomic E-state index is 0.127. The molecule has 0 amide bonds. The van der Waals surface area contributed by atoms with E-state index in [1.54, 1.807) is 38.1 Å². The van der Waals surface area contributed by atoms with Gasteiger partial charge in [-0.1, -0.05) is 24.3 Å². The molecule has 170 valence electrons. The molecule has 2 heterocycles. The molecule has 4 rings (SSSR count). The molecule has 33 heavy (non-hydrogen) atoms. The first-order valence-electron chi connectivity index (χ1n) is 10.3. The number of sulfone groups is 1. The molecule has 0 bridgehead atoms. The van der Waals surface area contributed by atoms with E-state index in [2.05, 4.69) is 20.2 Å². The average Bonchev–Trinajstić information content (AvgIpc) is 3.29. The Morgan fingerprint density at radius 2 is 1.64 bits per heavy atom. The van der Waals surface area contributed by atoms with Crippen molar-refractivity contribution in [1.82, 2.24) is 20.2 Å². The second kappa shape index (κ2) is 8.72. The van der Waals surface area contributed by atoms with Crippen molar-refractivity contribution in [3.63, 3.8) is 0 Å². The van der Waals surface area contributed by atoms with Gasteiger partial charge in [0, 0.05) is 17.2 Å². The van der Waals surface area contributed by atoms with Gasteiger partial charge in [-0.3, -0.25) is 0 Å². The third kappa shape index (κ3) is 4.48. The monoisotopic (exact) mass is 464 g/mol. The number of nitrogens with zero attached hydrogens (tertiary/aromatic N) is 4. The lowest BCUT2D eigenvalue weighted by Crippen LogP contribution is -2.13. The van der Waals surface area contributed by atoms with Gasteiger partial charge in [0.1, 0.15) is 0 Å². The fraction of sp³-hybridized carbons (Fsp3) is 0.217. The van der Waals surface area contributed by atoms with Crippen molar-refractivity contribution in [2.24, 2.45) is 5.73 Å². The highest BCUT2D eigenvalue weighted by atomic mass is 32.2. The van der Waals surface area contributed by atoms with Crippen LogP contribution in [0.5, 0.6) is 0 Å². The maximum atomic E-state index is 12.4. The Morgan fingerprint density at radius 1 is 0.939 bits per heavy atom. The van der Waals surface area contributed by atoms with E-state index in [0.717, 1.165) is 11.1 Å². The van der Waals surface area contributed by atoms with Gasteiger partial charge in [0.2, 0.25) is 5.89 Å². The number of nitrogen functional groups attached to an aromatic ring is 1. The maximum absolute atomic E-state index is 12.4. The molecule has 0 fully saturated rings. The number of hydrogen-bond donors (Lipinski definition) is 2. The summed E-state index contributed by atoms with van der Waals surface area (Å²) in [5.41, 5.74) is 15.1. The number of nitrogens with two attached hydrogens (primary N) is 2. The van der Waals surface area contributed by atoms with Gasteiger partial charge in [-0.15, -0.1) is 10.2 Å². The molecular weight excluding hydrogens is 440 g/mol. The molecule has 9 nitrogen and oxygen atoms in total. The molecular formula is C23H24N6O3S. The van der Waals surface area contributed by atoms with Crippen LogP contribution in [0.1, 0.15) is 32.4 Å². The Kier molecular flexibility index (Phi) is 5.96. The van der Waals surface area contributed by atoms with E-state index in [0.29, 0.717) is 17.1 Å². The Morgan fingerprint density at radius 3 is 2.30 bits per heavy atom. The van der Waals surface area contributed by atoms with Crippen molar-refractivity contribution < 1.29 is 12.8 Å². The van der Waals surface area contributed by atoms with Crippen LogP contribution in [0.25, 0.3) is 34.3 Å². The third-order valence-electron chi connectivity index (χ3n) is 5.19. The van der Waals surface area contributed by atoms with Crippen LogP contribution >= 0.6 is 0 Å². The van der Waals surface area contributed by atoms with Gasteiger partial charge in [-0.05, 0) is 50.6 Å². The largest absolute Gasteiger partial charge is 0.414 e. The molecule has 4 N–H and O–H groups in total. The molecule has 10 heteroatoms. The summed E-state index contributed by atoms with van der Waals surface area (Å²) >= 11 is 0. The van der Waals surface area contributed by atoms with Crippen molar-refractivity contribution >= 4 is 15.7 Å². The van der Waals surface area contributed by atoms with Gasteiger partial charge in [0.15, 0.2) is 21.3 Å². The van der Waals surface area contributed by atoms with Crippen LogP contribution in [0, 0.1) is 0 Å². The molecule has 0 saturated heterocycles. The smallest absolute Gasteiger partial charge is 0.270 e. The highest BCUT2D eigenvalue weighted by Crippen LogP contribution is 2.29. The van der Waals surface area contributed by atoms with Crippen LogP contribution in [0.3, 0.4) is 0 Å². The Labute approximate surface area is 191 Å². The molecule has 0 radical (unpaired) electrons. The normalized spacial score (nSPS) is 12.8. The summed E-state index contributed by atoms with van der Waals surface area (Å²) in [6.07, 6.45) is 1.51. The van der Waals surface area contributed by atoms with E-state index in [9.17, 15) is 8.42 Å². The van der Waals surface area contributed by atoms with Crippen LogP contribution in [0.2, 0.25) is 0 Å². The maximum Gasteiger partial charge on any atom is 0.270 e. The van der Waals surface area contributed by atoms with Crippen molar-refractivity contribution in [2.45, 2.75) is 37.0 Å². The zero-order valence-electron chi connectivity index (χ0n) is 18.4. The predicted molar refractivity (Wildman–Crippen MR) is 126 cm³/mol. The van der Waals surface area contributed by atoms with E-state index in [1.807, 2.05) is 31.2 Å². The minimum Gasteiger partial charge on any atom is -0.414 e. The molecule has 0 aliphatic heterocycles. The summed E-state index contributed by atoms with van der Waals surface area (Å²) in [6.45, 7) is 5.18. The van der Waals surface area contributed by atoms with Gasteiger partial charge in [0.05, 0.1) is 22.0 Å². The van der Waals surface area contributed by atoms with E-state index >= 15 is 0 Å². The quantitative estimate of drug-likeness (QED) is 0.435. The number of benzene rings is 2. The lowest BCUT2D eigenvalue weighted by atomic mass is 10.1. The Balaban J connectivity index is 1.67.